The zero-order valence-corrected chi connectivity index (χ0v) is 10.4. The molecule has 1 atom stereocenters. The van der Waals surface area contributed by atoms with E-state index in [1.54, 1.807) is 6.07 Å². The normalized spacial score (nSPS) is 13.8. The summed E-state index contributed by atoms with van der Waals surface area (Å²) in [6.07, 6.45) is -0.681. The minimum atomic E-state index is -0.681. The zero-order chi connectivity index (χ0) is 12.3. The molecule has 1 aromatic heterocycles. The minimum Gasteiger partial charge on any atom is -0.384 e. The van der Waals surface area contributed by atoms with Crippen molar-refractivity contribution in [3.8, 4) is 0 Å². The number of hydrogen-bond acceptors (Lipinski definition) is 4. The molecular weight excluding hydrogens is 204 g/mol. The first kappa shape index (κ1) is 12.9. The number of hydrogen-bond donors (Lipinski definition) is 2. The van der Waals surface area contributed by atoms with Crippen molar-refractivity contribution in [2.75, 3.05) is 6.54 Å². The fourth-order valence-electron chi connectivity index (χ4n) is 1.15. The Balaban J connectivity index is 2.59. The van der Waals surface area contributed by atoms with Gasteiger partial charge in [0.25, 0.3) is 0 Å². The molecule has 1 aromatic rings. The first-order chi connectivity index (χ1) is 7.29. The molecule has 0 fully saturated rings. The molecule has 0 saturated heterocycles. The molecule has 0 bridgehead atoms. The van der Waals surface area contributed by atoms with Gasteiger partial charge in [-0.2, -0.15) is 0 Å². The van der Waals surface area contributed by atoms with Gasteiger partial charge in [-0.3, -0.25) is 0 Å². The third-order valence-corrected chi connectivity index (χ3v) is 2.12. The van der Waals surface area contributed by atoms with Crippen LogP contribution in [0.1, 0.15) is 45.3 Å². The quantitative estimate of drug-likeness (QED) is 0.822. The average molecular weight is 224 g/mol. The van der Waals surface area contributed by atoms with Crippen molar-refractivity contribution in [3.63, 3.8) is 0 Å². The Hall–Kier alpha value is -1.13. The summed E-state index contributed by atoms with van der Waals surface area (Å²) in [4.78, 5) is 0. The van der Waals surface area contributed by atoms with Gasteiger partial charge in [0.2, 0.25) is 0 Å². The van der Waals surface area contributed by atoms with E-state index in [0.717, 1.165) is 5.57 Å². The molecule has 0 amide bonds. The number of aliphatic hydroxyl groups excluding tert-OH is 1. The highest BCUT2D eigenvalue weighted by Gasteiger charge is 2.17. The van der Waals surface area contributed by atoms with E-state index >= 15 is 0 Å². The Morgan fingerprint density at radius 1 is 1.62 bits per heavy atom. The van der Waals surface area contributed by atoms with Gasteiger partial charge in [-0.05, 0) is 33.3 Å². The lowest BCUT2D eigenvalue weighted by atomic mass is 10.1. The third kappa shape index (κ3) is 3.79. The van der Waals surface area contributed by atoms with E-state index in [0.29, 0.717) is 18.0 Å². The van der Waals surface area contributed by atoms with E-state index in [-0.39, 0.29) is 5.54 Å². The van der Waals surface area contributed by atoms with Crippen LogP contribution in [-0.2, 0) is 0 Å². The average Bonchev–Trinajstić information content (AvgIpc) is 2.61. The van der Waals surface area contributed by atoms with Crippen LogP contribution in [0.4, 0.5) is 0 Å². The largest absolute Gasteiger partial charge is 0.384 e. The number of rotatable bonds is 4. The molecule has 16 heavy (non-hydrogen) atoms. The topological polar surface area (TPSA) is 58.3 Å². The highest BCUT2D eigenvalue weighted by atomic mass is 16.5. The van der Waals surface area contributed by atoms with E-state index < -0.39 is 6.10 Å². The molecule has 1 rings (SSSR count). The molecule has 0 saturated carbocycles. The summed E-state index contributed by atoms with van der Waals surface area (Å²) in [5.74, 6) is 0.467. The molecule has 2 N–H and O–H groups in total. The smallest absolute Gasteiger partial charge is 0.167 e. The van der Waals surface area contributed by atoms with Crippen molar-refractivity contribution in [2.24, 2.45) is 0 Å². The fourth-order valence-corrected chi connectivity index (χ4v) is 1.15. The maximum Gasteiger partial charge on any atom is 0.167 e. The molecule has 0 aliphatic rings. The fraction of sp³-hybridized carbons (Fsp3) is 0.583. The highest BCUT2D eigenvalue weighted by molar-refractivity contribution is 5.57. The van der Waals surface area contributed by atoms with Crippen molar-refractivity contribution in [1.29, 1.82) is 0 Å². The SMILES string of the molecule is C=C(C)c1cc(C(O)CNC(C)(C)C)on1. The van der Waals surface area contributed by atoms with Crippen molar-refractivity contribution in [2.45, 2.75) is 39.3 Å². The van der Waals surface area contributed by atoms with Crippen LogP contribution in [0.25, 0.3) is 5.57 Å². The van der Waals surface area contributed by atoms with E-state index in [4.69, 9.17) is 4.52 Å². The predicted molar refractivity (Wildman–Crippen MR) is 63.9 cm³/mol. The summed E-state index contributed by atoms with van der Waals surface area (Å²) in [7, 11) is 0. The van der Waals surface area contributed by atoms with Crippen LogP contribution < -0.4 is 5.32 Å². The van der Waals surface area contributed by atoms with Crippen LogP contribution >= 0.6 is 0 Å². The van der Waals surface area contributed by atoms with Crippen LogP contribution in [0, 0.1) is 0 Å². The minimum absolute atomic E-state index is 0.0296. The number of nitrogens with zero attached hydrogens (tertiary/aromatic N) is 1. The number of allylic oxidation sites excluding steroid dienone is 1. The molecule has 0 radical (unpaired) electrons. The molecule has 1 unspecified atom stereocenters. The zero-order valence-electron chi connectivity index (χ0n) is 10.4. The van der Waals surface area contributed by atoms with Gasteiger partial charge in [0.1, 0.15) is 11.8 Å². The lowest BCUT2D eigenvalue weighted by Gasteiger charge is -2.21. The van der Waals surface area contributed by atoms with Crippen LogP contribution in [0.15, 0.2) is 17.2 Å². The van der Waals surface area contributed by atoms with Gasteiger partial charge in [-0.25, -0.2) is 0 Å². The van der Waals surface area contributed by atoms with E-state index in [9.17, 15) is 5.11 Å². The Morgan fingerprint density at radius 3 is 2.69 bits per heavy atom. The molecule has 0 aliphatic heterocycles. The van der Waals surface area contributed by atoms with Gasteiger partial charge >= 0.3 is 0 Å². The summed E-state index contributed by atoms with van der Waals surface area (Å²) < 4.78 is 5.05. The van der Waals surface area contributed by atoms with Gasteiger partial charge in [0, 0.05) is 18.2 Å². The molecule has 4 nitrogen and oxygen atoms in total. The molecule has 0 aliphatic carbocycles. The maximum atomic E-state index is 9.85. The second-order valence-corrected chi connectivity index (χ2v) is 5.04. The van der Waals surface area contributed by atoms with Crippen molar-refractivity contribution in [1.82, 2.24) is 10.5 Å². The Morgan fingerprint density at radius 2 is 2.25 bits per heavy atom. The van der Waals surface area contributed by atoms with E-state index in [1.807, 2.05) is 27.7 Å². The standard InChI is InChI=1S/C12H20N2O2/c1-8(2)9-6-11(16-14-9)10(15)7-13-12(3,4)5/h6,10,13,15H,1,7H2,2-5H3. The third-order valence-electron chi connectivity index (χ3n) is 2.12. The summed E-state index contributed by atoms with van der Waals surface area (Å²) >= 11 is 0. The molecular formula is C12H20N2O2. The second kappa shape index (κ2) is 4.80. The maximum absolute atomic E-state index is 9.85. The van der Waals surface area contributed by atoms with Crippen molar-refractivity contribution in [3.05, 3.63) is 24.1 Å². The Bertz CT molecular complexity index is 363. The van der Waals surface area contributed by atoms with E-state index in [2.05, 4.69) is 17.1 Å². The summed E-state index contributed by atoms with van der Waals surface area (Å²) in [5.41, 5.74) is 1.48. The summed E-state index contributed by atoms with van der Waals surface area (Å²) in [6, 6.07) is 1.72. The monoisotopic (exact) mass is 224 g/mol. The number of nitrogens with one attached hydrogen (secondary N) is 1. The van der Waals surface area contributed by atoms with Gasteiger partial charge in [-0.1, -0.05) is 11.7 Å². The number of aromatic nitrogens is 1. The Labute approximate surface area is 96.3 Å². The summed E-state index contributed by atoms with van der Waals surface area (Å²) in [5, 5.41) is 16.9. The lowest BCUT2D eigenvalue weighted by molar-refractivity contribution is 0.129. The molecule has 1 heterocycles. The number of aliphatic hydroxyl groups is 1. The van der Waals surface area contributed by atoms with Gasteiger partial charge in [0.05, 0.1) is 0 Å². The molecule has 0 spiro atoms. The predicted octanol–water partition coefficient (Wildman–Crippen LogP) is 2.13. The molecule has 90 valence electrons. The van der Waals surface area contributed by atoms with Gasteiger partial charge in [-0.15, -0.1) is 0 Å². The second-order valence-electron chi connectivity index (χ2n) is 5.04. The number of β-amino-alcohol motifs (C(OH)–C–C–N with tert-alkyl or cyclic N) is 1. The molecule has 0 aromatic carbocycles. The van der Waals surface area contributed by atoms with E-state index in [1.165, 1.54) is 0 Å². The lowest BCUT2D eigenvalue weighted by Crippen LogP contribution is -2.38. The first-order valence-electron chi connectivity index (χ1n) is 5.35. The highest BCUT2D eigenvalue weighted by Crippen LogP contribution is 2.18. The van der Waals surface area contributed by atoms with Crippen molar-refractivity contribution < 1.29 is 9.63 Å². The van der Waals surface area contributed by atoms with Crippen LogP contribution in [0.5, 0.6) is 0 Å². The van der Waals surface area contributed by atoms with Gasteiger partial charge in [0.15, 0.2) is 5.76 Å². The van der Waals surface area contributed by atoms with Crippen LogP contribution in [0.2, 0.25) is 0 Å². The first-order valence-corrected chi connectivity index (χ1v) is 5.35. The summed E-state index contributed by atoms with van der Waals surface area (Å²) in [6.45, 7) is 12.2. The van der Waals surface area contributed by atoms with Crippen LogP contribution in [0.3, 0.4) is 0 Å². The Kier molecular flexibility index (Phi) is 3.88. The molecule has 4 heteroatoms. The van der Waals surface area contributed by atoms with Crippen LogP contribution in [-0.4, -0.2) is 22.3 Å². The van der Waals surface area contributed by atoms with Crippen molar-refractivity contribution >= 4 is 5.57 Å². The van der Waals surface area contributed by atoms with Gasteiger partial charge < -0.3 is 14.9 Å².